The van der Waals surface area contributed by atoms with Crippen molar-refractivity contribution in [3.63, 3.8) is 0 Å². The highest BCUT2D eigenvalue weighted by molar-refractivity contribution is 5.85. The summed E-state index contributed by atoms with van der Waals surface area (Å²) in [5.74, 6) is 0.347. The monoisotopic (exact) mass is 371 g/mol. The molecule has 27 heavy (non-hydrogen) atoms. The predicted molar refractivity (Wildman–Crippen MR) is 106 cm³/mol. The van der Waals surface area contributed by atoms with E-state index in [1.807, 2.05) is 61.5 Å². The number of aryl methyl sites for hydroxylation is 1. The second-order valence-corrected chi connectivity index (χ2v) is 6.78. The van der Waals surface area contributed by atoms with Gasteiger partial charge in [-0.3, -0.25) is 4.79 Å². The summed E-state index contributed by atoms with van der Waals surface area (Å²) in [5, 5.41) is 21.5. The molecule has 0 radical (unpaired) electrons. The summed E-state index contributed by atoms with van der Waals surface area (Å²) in [7, 11) is 0. The molecule has 0 bridgehead atoms. The molecule has 5 heteroatoms. The Morgan fingerprint density at radius 2 is 1.78 bits per heavy atom. The number of aliphatic hydroxyl groups is 2. The fourth-order valence-corrected chi connectivity index (χ4v) is 2.78. The number of benzene rings is 2. The first-order chi connectivity index (χ1) is 13.0. The molecule has 2 rings (SSSR count). The maximum atomic E-state index is 12.9. The van der Waals surface area contributed by atoms with Crippen LogP contribution in [0.5, 0.6) is 5.75 Å². The lowest BCUT2D eigenvalue weighted by molar-refractivity contribution is -0.137. The molecule has 1 amide bonds. The van der Waals surface area contributed by atoms with Crippen molar-refractivity contribution < 1.29 is 19.7 Å². The third-order valence-electron chi connectivity index (χ3n) is 4.73. The number of carbonyl (C=O) groups is 1. The Labute approximate surface area is 161 Å². The molecule has 0 spiro atoms. The van der Waals surface area contributed by atoms with Gasteiger partial charge >= 0.3 is 0 Å². The molecule has 146 valence electrons. The van der Waals surface area contributed by atoms with Gasteiger partial charge in [-0.25, -0.2) is 0 Å². The van der Waals surface area contributed by atoms with Crippen molar-refractivity contribution in [1.29, 1.82) is 0 Å². The minimum Gasteiger partial charge on any atom is -0.478 e. The predicted octanol–water partition coefficient (Wildman–Crippen LogP) is 3.01. The number of ether oxygens (including phenoxy) is 1. The Bertz CT molecular complexity index is 702. The SMILES string of the molecule is CC[C@@](C)(Oc1ccc(CCCO)cc1)C(=O)N[C@@H](CO)c1ccccc1. The first kappa shape index (κ1) is 20.9. The van der Waals surface area contributed by atoms with Gasteiger partial charge in [0.15, 0.2) is 5.60 Å². The van der Waals surface area contributed by atoms with Crippen LogP contribution >= 0.6 is 0 Å². The fourth-order valence-electron chi connectivity index (χ4n) is 2.78. The second-order valence-electron chi connectivity index (χ2n) is 6.78. The Kier molecular flexibility index (Phi) is 7.82. The zero-order valence-corrected chi connectivity index (χ0v) is 16.0. The van der Waals surface area contributed by atoms with Crippen LogP contribution in [-0.4, -0.2) is 34.9 Å². The Morgan fingerprint density at radius 1 is 1.11 bits per heavy atom. The standard InChI is InChI=1S/C22H29NO4/c1-3-22(2,27-19-13-11-17(12-14-19)8-7-15-24)21(26)23-20(16-25)18-9-5-4-6-10-18/h4-6,9-14,20,24-25H,3,7-8,15-16H2,1-2H3,(H,23,26)/t20-,22+/m0/s1. The van der Waals surface area contributed by atoms with Gasteiger partial charge in [-0.15, -0.1) is 0 Å². The van der Waals surface area contributed by atoms with Gasteiger partial charge in [0.25, 0.3) is 5.91 Å². The number of aliphatic hydroxyl groups excluding tert-OH is 2. The van der Waals surface area contributed by atoms with Crippen LogP contribution in [0.3, 0.4) is 0 Å². The summed E-state index contributed by atoms with van der Waals surface area (Å²) in [6, 6.07) is 16.5. The molecule has 0 aliphatic carbocycles. The van der Waals surface area contributed by atoms with E-state index in [0.29, 0.717) is 12.2 Å². The molecule has 0 saturated carbocycles. The van der Waals surface area contributed by atoms with Crippen LogP contribution in [0.1, 0.15) is 43.9 Å². The molecular formula is C22H29NO4. The van der Waals surface area contributed by atoms with Crippen molar-refractivity contribution >= 4 is 5.91 Å². The molecule has 2 aromatic carbocycles. The van der Waals surface area contributed by atoms with E-state index in [1.54, 1.807) is 6.92 Å². The summed E-state index contributed by atoms with van der Waals surface area (Å²) in [5.41, 5.74) is 0.915. The van der Waals surface area contributed by atoms with Gasteiger partial charge in [0, 0.05) is 6.61 Å². The number of amides is 1. The minimum absolute atomic E-state index is 0.166. The maximum Gasteiger partial charge on any atom is 0.264 e. The molecule has 0 aliphatic rings. The zero-order chi connectivity index (χ0) is 19.7. The largest absolute Gasteiger partial charge is 0.478 e. The molecular weight excluding hydrogens is 342 g/mol. The van der Waals surface area contributed by atoms with E-state index in [0.717, 1.165) is 24.0 Å². The van der Waals surface area contributed by atoms with Gasteiger partial charge < -0.3 is 20.3 Å². The van der Waals surface area contributed by atoms with Crippen molar-refractivity contribution in [2.45, 2.75) is 44.8 Å². The first-order valence-corrected chi connectivity index (χ1v) is 9.38. The highest BCUT2D eigenvalue weighted by Gasteiger charge is 2.35. The molecule has 0 fully saturated rings. The van der Waals surface area contributed by atoms with Gasteiger partial charge in [0.2, 0.25) is 0 Å². The molecule has 0 aliphatic heterocycles. The molecule has 0 saturated heterocycles. The Balaban J connectivity index is 2.07. The zero-order valence-electron chi connectivity index (χ0n) is 16.0. The summed E-state index contributed by atoms with van der Waals surface area (Å²) in [4.78, 5) is 12.9. The summed E-state index contributed by atoms with van der Waals surface area (Å²) < 4.78 is 6.01. The Morgan fingerprint density at radius 3 is 2.33 bits per heavy atom. The van der Waals surface area contributed by atoms with Gasteiger partial charge in [0.05, 0.1) is 12.6 Å². The van der Waals surface area contributed by atoms with Crippen molar-refractivity contribution in [2.75, 3.05) is 13.2 Å². The van der Waals surface area contributed by atoms with E-state index in [2.05, 4.69) is 5.32 Å². The maximum absolute atomic E-state index is 12.9. The topological polar surface area (TPSA) is 78.8 Å². The average molecular weight is 371 g/mol. The third-order valence-corrected chi connectivity index (χ3v) is 4.73. The molecule has 3 N–H and O–H groups in total. The number of hydrogen-bond acceptors (Lipinski definition) is 4. The Hall–Kier alpha value is -2.37. The molecule has 2 atom stereocenters. The first-order valence-electron chi connectivity index (χ1n) is 9.38. The van der Waals surface area contributed by atoms with E-state index in [-0.39, 0.29) is 19.1 Å². The minimum atomic E-state index is -1.05. The summed E-state index contributed by atoms with van der Waals surface area (Å²) in [6.07, 6.45) is 2.01. The van der Waals surface area contributed by atoms with Crippen molar-refractivity contribution in [1.82, 2.24) is 5.32 Å². The van der Waals surface area contributed by atoms with Crippen LogP contribution in [0.15, 0.2) is 54.6 Å². The van der Waals surface area contributed by atoms with Crippen LogP contribution in [-0.2, 0) is 11.2 Å². The quantitative estimate of drug-likeness (QED) is 0.600. The normalized spacial score (nSPS) is 14.2. The van der Waals surface area contributed by atoms with E-state index in [4.69, 9.17) is 9.84 Å². The van der Waals surface area contributed by atoms with Crippen LogP contribution in [0.25, 0.3) is 0 Å². The van der Waals surface area contributed by atoms with Crippen molar-refractivity contribution in [2.24, 2.45) is 0 Å². The van der Waals surface area contributed by atoms with E-state index in [9.17, 15) is 9.90 Å². The lowest BCUT2D eigenvalue weighted by Crippen LogP contribution is -2.50. The number of nitrogens with one attached hydrogen (secondary N) is 1. The fraction of sp³-hybridized carbons (Fsp3) is 0.409. The molecule has 0 unspecified atom stereocenters. The highest BCUT2D eigenvalue weighted by Crippen LogP contribution is 2.24. The lowest BCUT2D eigenvalue weighted by atomic mass is 10.00. The third kappa shape index (κ3) is 5.81. The smallest absolute Gasteiger partial charge is 0.264 e. The van der Waals surface area contributed by atoms with Crippen LogP contribution in [0.4, 0.5) is 0 Å². The second kappa shape index (κ2) is 10.1. The van der Waals surface area contributed by atoms with Crippen LogP contribution < -0.4 is 10.1 Å². The van der Waals surface area contributed by atoms with Gasteiger partial charge in [0.1, 0.15) is 5.75 Å². The van der Waals surface area contributed by atoms with Crippen LogP contribution in [0.2, 0.25) is 0 Å². The number of hydrogen-bond donors (Lipinski definition) is 3. The van der Waals surface area contributed by atoms with Gasteiger partial charge in [-0.05, 0) is 49.4 Å². The van der Waals surface area contributed by atoms with Gasteiger partial charge in [-0.2, -0.15) is 0 Å². The van der Waals surface area contributed by atoms with Crippen molar-refractivity contribution in [3.05, 3.63) is 65.7 Å². The summed E-state index contributed by atoms with van der Waals surface area (Å²) in [6.45, 7) is 3.63. The van der Waals surface area contributed by atoms with E-state index >= 15 is 0 Å². The number of rotatable bonds is 10. The summed E-state index contributed by atoms with van der Waals surface area (Å²) >= 11 is 0. The molecule has 0 heterocycles. The van der Waals surface area contributed by atoms with E-state index < -0.39 is 11.6 Å². The molecule has 5 nitrogen and oxygen atoms in total. The van der Waals surface area contributed by atoms with E-state index in [1.165, 1.54) is 0 Å². The van der Waals surface area contributed by atoms with Crippen LogP contribution in [0, 0.1) is 0 Å². The molecule has 2 aromatic rings. The van der Waals surface area contributed by atoms with Crippen molar-refractivity contribution in [3.8, 4) is 5.75 Å². The number of carbonyl (C=O) groups excluding carboxylic acids is 1. The average Bonchev–Trinajstić information content (AvgIpc) is 2.71. The van der Waals surface area contributed by atoms with Gasteiger partial charge in [-0.1, -0.05) is 49.4 Å². The molecule has 0 aromatic heterocycles. The highest BCUT2D eigenvalue weighted by atomic mass is 16.5. The lowest BCUT2D eigenvalue weighted by Gasteiger charge is -2.30.